The lowest BCUT2D eigenvalue weighted by atomic mass is 10.1. The van der Waals surface area contributed by atoms with Gasteiger partial charge in [-0.1, -0.05) is 26.0 Å². The highest BCUT2D eigenvalue weighted by Gasteiger charge is 2.15. The van der Waals surface area contributed by atoms with E-state index >= 15 is 0 Å². The molecule has 0 bridgehead atoms. The summed E-state index contributed by atoms with van der Waals surface area (Å²) in [5.74, 6) is 0.746. The lowest BCUT2D eigenvalue weighted by molar-refractivity contribution is -0.134. The topological polar surface area (TPSA) is 44.8 Å². The van der Waals surface area contributed by atoms with Crippen LogP contribution in [0.15, 0.2) is 36.4 Å². The van der Waals surface area contributed by atoms with Gasteiger partial charge in [-0.25, -0.2) is 4.39 Å². The molecule has 0 aliphatic rings. The number of benzene rings is 2. The molecule has 2 rings (SSSR count). The van der Waals surface area contributed by atoms with Crippen LogP contribution in [0.5, 0.6) is 17.2 Å². The molecule has 0 saturated carbocycles. The van der Waals surface area contributed by atoms with Crippen molar-refractivity contribution in [1.29, 1.82) is 0 Å². The zero-order valence-corrected chi connectivity index (χ0v) is 14.8. The molecule has 0 aromatic heterocycles. The molecule has 0 N–H and O–H groups in total. The molecule has 0 aliphatic carbocycles. The molecule has 2 aromatic carbocycles. The standard InChI is InChI=1S/C20H23FO4/c1-4-14-10-11-15(12-17(14)21)24-13-16-18(23-6-3)8-7-9-19(16)25-20(22)5-2/h7-12H,4-6,13H2,1-3H3. The highest BCUT2D eigenvalue weighted by Crippen LogP contribution is 2.30. The van der Waals surface area contributed by atoms with E-state index < -0.39 is 0 Å². The second-order valence-electron chi connectivity index (χ2n) is 5.39. The molecule has 5 heteroatoms. The van der Waals surface area contributed by atoms with E-state index in [4.69, 9.17) is 14.2 Å². The number of hydrogen-bond donors (Lipinski definition) is 0. The van der Waals surface area contributed by atoms with Gasteiger partial charge < -0.3 is 14.2 Å². The van der Waals surface area contributed by atoms with Crippen molar-refractivity contribution in [3.63, 3.8) is 0 Å². The van der Waals surface area contributed by atoms with Crippen molar-refractivity contribution < 1.29 is 23.4 Å². The summed E-state index contributed by atoms with van der Waals surface area (Å²) in [7, 11) is 0. The maximum atomic E-state index is 13.9. The maximum Gasteiger partial charge on any atom is 0.310 e. The molecule has 4 nitrogen and oxygen atoms in total. The Hall–Kier alpha value is -2.56. The first-order valence-electron chi connectivity index (χ1n) is 8.45. The smallest absolute Gasteiger partial charge is 0.310 e. The quantitative estimate of drug-likeness (QED) is 0.514. The zero-order chi connectivity index (χ0) is 18.2. The molecular weight excluding hydrogens is 323 g/mol. The summed E-state index contributed by atoms with van der Waals surface area (Å²) in [4.78, 5) is 11.6. The van der Waals surface area contributed by atoms with E-state index in [-0.39, 0.29) is 24.8 Å². The summed E-state index contributed by atoms with van der Waals surface area (Å²) < 4.78 is 30.6. The minimum absolute atomic E-state index is 0.105. The lowest BCUT2D eigenvalue weighted by Crippen LogP contribution is -2.10. The predicted octanol–water partition coefficient (Wildman–Crippen LogP) is 4.68. The first-order chi connectivity index (χ1) is 12.1. The van der Waals surface area contributed by atoms with Gasteiger partial charge in [0.1, 0.15) is 29.7 Å². The fourth-order valence-corrected chi connectivity index (χ4v) is 2.33. The van der Waals surface area contributed by atoms with Crippen LogP contribution >= 0.6 is 0 Å². The van der Waals surface area contributed by atoms with E-state index in [2.05, 4.69) is 0 Å². The van der Waals surface area contributed by atoms with Gasteiger partial charge in [0.2, 0.25) is 0 Å². The normalized spacial score (nSPS) is 10.4. The number of carbonyl (C=O) groups excluding carboxylic acids is 1. The molecule has 0 amide bonds. The van der Waals surface area contributed by atoms with Crippen LogP contribution in [-0.4, -0.2) is 12.6 Å². The van der Waals surface area contributed by atoms with Crippen molar-refractivity contribution in [2.45, 2.75) is 40.2 Å². The summed E-state index contributed by atoms with van der Waals surface area (Å²) in [5, 5.41) is 0. The van der Waals surface area contributed by atoms with Crippen LogP contribution in [0.2, 0.25) is 0 Å². The van der Waals surface area contributed by atoms with E-state index in [0.29, 0.717) is 41.4 Å². The Morgan fingerprint density at radius 1 is 1.04 bits per heavy atom. The van der Waals surface area contributed by atoms with Crippen LogP contribution in [0.25, 0.3) is 0 Å². The fraction of sp³-hybridized carbons (Fsp3) is 0.350. The maximum absolute atomic E-state index is 13.9. The Kier molecular flexibility index (Phi) is 6.81. The first-order valence-corrected chi connectivity index (χ1v) is 8.45. The molecule has 134 valence electrons. The molecule has 0 atom stereocenters. The van der Waals surface area contributed by atoms with Crippen LogP contribution in [-0.2, 0) is 17.8 Å². The second kappa shape index (κ2) is 9.06. The molecule has 25 heavy (non-hydrogen) atoms. The van der Waals surface area contributed by atoms with Crippen molar-refractivity contribution in [2.24, 2.45) is 0 Å². The van der Waals surface area contributed by atoms with Crippen molar-refractivity contribution in [3.8, 4) is 17.2 Å². The van der Waals surface area contributed by atoms with Crippen molar-refractivity contribution in [3.05, 3.63) is 53.3 Å². The summed E-state index contributed by atoms with van der Waals surface area (Å²) in [6, 6.07) is 10.0. The first kappa shape index (κ1) is 18.8. The molecule has 0 fully saturated rings. The minimum Gasteiger partial charge on any atom is -0.493 e. The van der Waals surface area contributed by atoms with E-state index in [1.807, 2.05) is 13.8 Å². The van der Waals surface area contributed by atoms with Gasteiger partial charge in [-0.3, -0.25) is 4.79 Å². The average Bonchev–Trinajstić information content (AvgIpc) is 2.61. The van der Waals surface area contributed by atoms with Gasteiger partial charge in [-0.15, -0.1) is 0 Å². The number of esters is 1. The Labute approximate surface area is 147 Å². The molecular formula is C20H23FO4. The van der Waals surface area contributed by atoms with Gasteiger partial charge in [0.05, 0.1) is 12.2 Å². The highest BCUT2D eigenvalue weighted by atomic mass is 19.1. The summed E-state index contributed by atoms with van der Waals surface area (Å²) in [5.41, 5.74) is 1.26. The van der Waals surface area contributed by atoms with Gasteiger partial charge in [0, 0.05) is 12.5 Å². The van der Waals surface area contributed by atoms with Gasteiger partial charge in [-0.05, 0) is 37.1 Å². The van der Waals surface area contributed by atoms with Crippen LogP contribution in [0.1, 0.15) is 38.3 Å². The number of aryl methyl sites for hydroxylation is 1. The number of hydrogen-bond acceptors (Lipinski definition) is 4. The Bertz CT molecular complexity index is 728. The fourth-order valence-electron chi connectivity index (χ4n) is 2.33. The van der Waals surface area contributed by atoms with E-state index in [1.54, 1.807) is 37.3 Å². The molecule has 0 radical (unpaired) electrons. The molecule has 0 unspecified atom stereocenters. The zero-order valence-electron chi connectivity index (χ0n) is 14.8. The Morgan fingerprint density at radius 3 is 2.44 bits per heavy atom. The van der Waals surface area contributed by atoms with E-state index in [0.717, 1.165) is 0 Å². The molecule has 0 spiro atoms. The minimum atomic E-state index is -0.340. The third-order valence-corrected chi connectivity index (χ3v) is 3.69. The van der Waals surface area contributed by atoms with Crippen LogP contribution < -0.4 is 14.2 Å². The van der Waals surface area contributed by atoms with Gasteiger partial charge in [-0.2, -0.15) is 0 Å². The number of ether oxygens (including phenoxy) is 3. The van der Waals surface area contributed by atoms with E-state index in [9.17, 15) is 9.18 Å². The third-order valence-electron chi connectivity index (χ3n) is 3.69. The lowest BCUT2D eigenvalue weighted by Gasteiger charge is -2.15. The predicted molar refractivity (Wildman–Crippen MR) is 93.6 cm³/mol. The Balaban J connectivity index is 2.23. The summed E-state index contributed by atoms with van der Waals surface area (Å²) in [6.45, 7) is 6.06. The van der Waals surface area contributed by atoms with E-state index in [1.165, 1.54) is 6.07 Å². The van der Waals surface area contributed by atoms with Gasteiger partial charge in [0.15, 0.2) is 0 Å². The molecule has 0 heterocycles. The molecule has 2 aromatic rings. The van der Waals surface area contributed by atoms with Crippen molar-refractivity contribution >= 4 is 5.97 Å². The van der Waals surface area contributed by atoms with Crippen LogP contribution in [0.4, 0.5) is 4.39 Å². The number of rotatable bonds is 8. The number of halogens is 1. The Morgan fingerprint density at radius 2 is 1.80 bits per heavy atom. The van der Waals surface area contributed by atoms with Gasteiger partial charge >= 0.3 is 5.97 Å². The molecule has 0 aliphatic heterocycles. The van der Waals surface area contributed by atoms with Gasteiger partial charge in [0.25, 0.3) is 0 Å². The third kappa shape index (κ3) is 4.95. The van der Waals surface area contributed by atoms with Crippen molar-refractivity contribution in [1.82, 2.24) is 0 Å². The highest BCUT2D eigenvalue weighted by molar-refractivity contribution is 5.72. The van der Waals surface area contributed by atoms with Crippen LogP contribution in [0, 0.1) is 5.82 Å². The average molecular weight is 346 g/mol. The monoisotopic (exact) mass is 346 g/mol. The number of carbonyl (C=O) groups is 1. The summed E-state index contributed by atoms with van der Waals surface area (Å²) in [6.07, 6.45) is 0.888. The second-order valence-corrected chi connectivity index (χ2v) is 5.39. The van der Waals surface area contributed by atoms with Crippen molar-refractivity contribution in [2.75, 3.05) is 6.61 Å². The SMILES string of the molecule is CCOc1cccc(OC(=O)CC)c1COc1ccc(CC)c(F)c1. The van der Waals surface area contributed by atoms with Crippen LogP contribution in [0.3, 0.4) is 0 Å². The summed E-state index contributed by atoms with van der Waals surface area (Å²) >= 11 is 0. The largest absolute Gasteiger partial charge is 0.493 e. The molecule has 0 saturated heterocycles.